The molecule has 0 heterocycles. The fourth-order valence-electron chi connectivity index (χ4n) is 2.76. The van der Waals surface area contributed by atoms with Gasteiger partial charge in [-0.1, -0.05) is 18.2 Å². The summed E-state index contributed by atoms with van der Waals surface area (Å²) in [7, 11) is -3.54. The van der Waals surface area contributed by atoms with Crippen molar-refractivity contribution >= 4 is 21.7 Å². The third-order valence-electron chi connectivity index (χ3n) is 4.29. The van der Waals surface area contributed by atoms with E-state index in [0.29, 0.717) is 11.4 Å². The smallest absolute Gasteiger partial charge is 0.335 e. The predicted molar refractivity (Wildman–Crippen MR) is 111 cm³/mol. The Kier molecular flexibility index (Phi) is 6.72. The molecule has 7 heteroatoms. The molecule has 1 N–H and O–H groups in total. The van der Waals surface area contributed by atoms with Gasteiger partial charge < -0.3 is 9.84 Å². The second kappa shape index (κ2) is 8.65. The van der Waals surface area contributed by atoms with E-state index in [1.165, 1.54) is 16.4 Å². The summed E-state index contributed by atoms with van der Waals surface area (Å²) in [6, 6.07) is 11.6. The van der Waals surface area contributed by atoms with Crippen molar-refractivity contribution in [2.75, 3.05) is 4.31 Å². The SMILES string of the molecule is Cc1ccc(N(C(C)C)S(=O)(=O)C(C)C)c(OCc2ccc(C(=O)O)cc2)c1. The van der Waals surface area contributed by atoms with Gasteiger partial charge in [-0.3, -0.25) is 4.31 Å². The van der Waals surface area contributed by atoms with Crippen LogP contribution in [0.2, 0.25) is 0 Å². The van der Waals surface area contributed by atoms with Crippen LogP contribution in [0.15, 0.2) is 42.5 Å². The lowest BCUT2D eigenvalue weighted by molar-refractivity contribution is 0.0697. The summed E-state index contributed by atoms with van der Waals surface area (Å²) in [5.74, 6) is -0.514. The summed E-state index contributed by atoms with van der Waals surface area (Å²) in [5.41, 5.74) is 2.44. The normalized spacial score (nSPS) is 11.7. The molecule has 0 bridgehead atoms. The molecule has 0 unspecified atom stereocenters. The average Bonchev–Trinajstić information content (AvgIpc) is 2.61. The number of sulfonamides is 1. The van der Waals surface area contributed by atoms with Gasteiger partial charge in [-0.2, -0.15) is 0 Å². The van der Waals surface area contributed by atoms with Gasteiger partial charge in [0.25, 0.3) is 0 Å². The van der Waals surface area contributed by atoms with Gasteiger partial charge in [0.2, 0.25) is 10.0 Å². The molecule has 152 valence electrons. The van der Waals surface area contributed by atoms with E-state index in [4.69, 9.17) is 9.84 Å². The number of carboxylic acids is 1. The van der Waals surface area contributed by atoms with Crippen molar-refractivity contribution in [1.82, 2.24) is 0 Å². The van der Waals surface area contributed by atoms with Crippen molar-refractivity contribution in [3.05, 3.63) is 59.2 Å². The third kappa shape index (κ3) is 4.84. The zero-order valence-corrected chi connectivity index (χ0v) is 17.7. The van der Waals surface area contributed by atoms with Crippen molar-refractivity contribution in [2.45, 2.75) is 52.5 Å². The molecule has 0 atom stereocenters. The summed E-state index contributed by atoms with van der Waals surface area (Å²) < 4.78 is 33.2. The molecule has 2 aromatic rings. The molecule has 0 saturated carbocycles. The molecule has 2 aromatic carbocycles. The topological polar surface area (TPSA) is 83.9 Å². The van der Waals surface area contributed by atoms with Gasteiger partial charge >= 0.3 is 5.97 Å². The van der Waals surface area contributed by atoms with Gasteiger partial charge in [-0.25, -0.2) is 13.2 Å². The van der Waals surface area contributed by atoms with Crippen molar-refractivity contribution < 1.29 is 23.1 Å². The largest absolute Gasteiger partial charge is 0.487 e. The van der Waals surface area contributed by atoms with Crippen molar-refractivity contribution in [1.29, 1.82) is 0 Å². The molecular weight excluding hydrogens is 378 g/mol. The Morgan fingerprint density at radius 3 is 2.18 bits per heavy atom. The quantitative estimate of drug-likeness (QED) is 0.711. The molecule has 0 fully saturated rings. The summed E-state index contributed by atoms with van der Waals surface area (Å²) in [6.07, 6.45) is 0. The van der Waals surface area contributed by atoms with Gasteiger partial charge in [0.15, 0.2) is 0 Å². The van der Waals surface area contributed by atoms with E-state index in [2.05, 4.69) is 0 Å². The lowest BCUT2D eigenvalue weighted by atomic mass is 10.1. The van der Waals surface area contributed by atoms with Gasteiger partial charge in [-0.15, -0.1) is 0 Å². The number of anilines is 1. The lowest BCUT2D eigenvalue weighted by Crippen LogP contribution is -2.41. The van der Waals surface area contributed by atoms with Crippen LogP contribution in [0.5, 0.6) is 5.75 Å². The number of hydrogen-bond donors (Lipinski definition) is 1. The number of rotatable bonds is 8. The number of benzene rings is 2. The van der Waals surface area contributed by atoms with E-state index in [0.717, 1.165) is 11.1 Å². The minimum Gasteiger partial charge on any atom is -0.487 e. The maximum atomic E-state index is 12.9. The van der Waals surface area contributed by atoms with Crippen LogP contribution in [0.1, 0.15) is 49.2 Å². The first-order chi connectivity index (χ1) is 13.0. The lowest BCUT2D eigenvalue weighted by Gasteiger charge is -2.31. The van der Waals surface area contributed by atoms with E-state index in [9.17, 15) is 13.2 Å². The number of nitrogens with zero attached hydrogens (tertiary/aromatic N) is 1. The predicted octanol–water partition coefficient (Wildman–Crippen LogP) is 4.23. The van der Waals surface area contributed by atoms with Crippen LogP contribution < -0.4 is 9.04 Å². The number of aryl methyl sites for hydroxylation is 1. The molecule has 6 nitrogen and oxygen atoms in total. The summed E-state index contributed by atoms with van der Waals surface area (Å²) in [4.78, 5) is 11.0. The van der Waals surface area contributed by atoms with Crippen LogP contribution in [0.3, 0.4) is 0 Å². The summed E-state index contributed by atoms with van der Waals surface area (Å²) >= 11 is 0. The van der Waals surface area contributed by atoms with Crippen LogP contribution >= 0.6 is 0 Å². The molecule has 0 saturated heterocycles. The Balaban J connectivity index is 2.37. The summed E-state index contributed by atoms with van der Waals surface area (Å²) in [6.45, 7) is 9.08. The van der Waals surface area contributed by atoms with E-state index >= 15 is 0 Å². The first-order valence-electron chi connectivity index (χ1n) is 9.13. The monoisotopic (exact) mass is 405 g/mol. The second-order valence-corrected chi connectivity index (χ2v) is 9.61. The minimum absolute atomic E-state index is 0.198. The Morgan fingerprint density at radius 1 is 1.07 bits per heavy atom. The third-order valence-corrected chi connectivity index (χ3v) is 6.64. The molecule has 0 aromatic heterocycles. The number of ether oxygens (including phenoxy) is 1. The zero-order chi connectivity index (χ0) is 21.1. The van der Waals surface area contributed by atoms with Crippen LogP contribution in [0.4, 0.5) is 5.69 Å². The highest BCUT2D eigenvalue weighted by Crippen LogP contribution is 2.34. The van der Waals surface area contributed by atoms with Crippen molar-refractivity contribution in [3.63, 3.8) is 0 Å². The molecule has 2 rings (SSSR count). The molecule has 0 amide bonds. The van der Waals surface area contributed by atoms with E-state index in [1.807, 2.05) is 32.9 Å². The van der Waals surface area contributed by atoms with Gasteiger partial charge in [-0.05, 0) is 70.0 Å². The molecule has 0 aliphatic rings. The highest BCUT2D eigenvalue weighted by Gasteiger charge is 2.30. The van der Waals surface area contributed by atoms with Crippen molar-refractivity contribution in [2.24, 2.45) is 0 Å². The first-order valence-corrected chi connectivity index (χ1v) is 10.6. The zero-order valence-electron chi connectivity index (χ0n) is 16.8. The maximum Gasteiger partial charge on any atom is 0.335 e. The second-order valence-electron chi connectivity index (χ2n) is 7.25. The van der Waals surface area contributed by atoms with Gasteiger partial charge in [0, 0.05) is 6.04 Å². The molecule has 0 radical (unpaired) electrons. The van der Waals surface area contributed by atoms with Crippen LogP contribution in [-0.4, -0.2) is 30.8 Å². The Morgan fingerprint density at radius 2 is 1.68 bits per heavy atom. The van der Waals surface area contributed by atoms with Gasteiger partial charge in [0.05, 0.1) is 16.5 Å². The average molecular weight is 406 g/mol. The van der Waals surface area contributed by atoms with E-state index < -0.39 is 21.2 Å². The minimum atomic E-state index is -3.54. The van der Waals surface area contributed by atoms with Crippen LogP contribution in [-0.2, 0) is 16.6 Å². The molecular formula is C21H27NO5S. The highest BCUT2D eigenvalue weighted by molar-refractivity contribution is 7.93. The fourth-order valence-corrected chi connectivity index (χ4v) is 4.23. The molecule has 28 heavy (non-hydrogen) atoms. The Labute approximate surface area is 166 Å². The number of carbonyl (C=O) groups is 1. The number of hydrogen-bond acceptors (Lipinski definition) is 4. The van der Waals surface area contributed by atoms with E-state index in [1.54, 1.807) is 32.0 Å². The highest BCUT2D eigenvalue weighted by atomic mass is 32.2. The van der Waals surface area contributed by atoms with E-state index in [-0.39, 0.29) is 18.2 Å². The van der Waals surface area contributed by atoms with Gasteiger partial charge in [0.1, 0.15) is 12.4 Å². The Hall–Kier alpha value is -2.54. The molecule has 0 spiro atoms. The van der Waals surface area contributed by atoms with Crippen LogP contribution in [0.25, 0.3) is 0 Å². The molecule has 0 aliphatic heterocycles. The Bertz CT molecular complexity index is 934. The number of aromatic carboxylic acids is 1. The fraction of sp³-hybridized carbons (Fsp3) is 0.381. The van der Waals surface area contributed by atoms with Crippen molar-refractivity contribution in [3.8, 4) is 5.75 Å². The summed E-state index contributed by atoms with van der Waals surface area (Å²) in [5, 5.41) is 8.43. The molecule has 0 aliphatic carbocycles. The maximum absolute atomic E-state index is 12.9. The first kappa shape index (κ1) is 21.8. The standard InChI is InChI=1S/C21H27NO5S/c1-14(2)22(28(25,26)15(3)4)19-11-6-16(5)12-20(19)27-13-17-7-9-18(10-8-17)21(23)24/h6-12,14-15H,13H2,1-5H3,(H,23,24). The number of carboxylic acid groups (broad SMARTS) is 1. The van der Waals surface area contributed by atoms with Crippen LogP contribution in [0, 0.1) is 6.92 Å².